The Hall–Kier alpha value is -1.86. The van der Waals surface area contributed by atoms with Crippen LogP contribution in [0.4, 0.5) is 0 Å². The van der Waals surface area contributed by atoms with E-state index in [0.29, 0.717) is 6.42 Å². The van der Waals surface area contributed by atoms with Crippen LogP contribution >= 0.6 is 24.6 Å². The molecule has 1 heterocycles. The first-order valence-corrected chi connectivity index (χ1v) is 18.9. The van der Waals surface area contributed by atoms with E-state index in [1.165, 1.54) is 0 Å². The Bertz CT molecular complexity index is 1200. The molecule has 0 bridgehead atoms. The maximum atomic E-state index is 13.2. The van der Waals surface area contributed by atoms with Gasteiger partial charge in [0.1, 0.15) is 24.9 Å². The molecule has 0 radical (unpaired) electrons. The number of hydrogen-bond acceptors (Lipinski definition) is 19. The van der Waals surface area contributed by atoms with Crippen LogP contribution in [-0.4, -0.2) is 89.5 Å². The van der Waals surface area contributed by atoms with E-state index in [-0.39, 0.29) is 80.2 Å². The lowest BCUT2D eigenvalue weighted by Gasteiger charge is -2.60. The summed E-state index contributed by atoms with van der Waals surface area (Å²) in [5, 5.41) is 37.7. The van der Waals surface area contributed by atoms with Crippen LogP contribution in [0.15, 0.2) is 0 Å². The maximum Gasteiger partial charge on any atom is 0.306 e. The zero-order chi connectivity index (χ0) is 39.3. The molecule has 3 aliphatic rings. The second kappa shape index (κ2) is 21.4. The van der Waals surface area contributed by atoms with Crippen LogP contribution in [0.2, 0.25) is 0 Å². The third-order valence-electron chi connectivity index (χ3n) is 11.1. The molecule has 2 saturated carbocycles. The summed E-state index contributed by atoms with van der Waals surface area (Å²) >= 11 is 0.265. The number of fused-ring (bicyclic) bond motifs is 1. The number of esters is 2. The number of nitrogens with one attached hydrogen (secondary N) is 1. The van der Waals surface area contributed by atoms with E-state index in [9.17, 15) is 24.3 Å². The number of amides is 1. The molecule has 3 fully saturated rings. The van der Waals surface area contributed by atoms with E-state index in [1.807, 2.05) is 13.8 Å². The van der Waals surface area contributed by atoms with Gasteiger partial charge >= 0.3 is 17.9 Å². The van der Waals surface area contributed by atoms with Crippen LogP contribution < -0.4 is 11.1 Å². The molecule has 19 nitrogen and oxygen atoms in total. The van der Waals surface area contributed by atoms with Crippen LogP contribution in [0.25, 0.3) is 0 Å². The van der Waals surface area contributed by atoms with Crippen LogP contribution in [0.5, 0.6) is 0 Å². The van der Waals surface area contributed by atoms with Crippen molar-refractivity contribution in [2.45, 2.75) is 130 Å². The van der Waals surface area contributed by atoms with E-state index in [4.69, 9.17) is 43.6 Å². The Morgan fingerprint density at radius 2 is 1.66 bits per heavy atom. The van der Waals surface area contributed by atoms with E-state index in [0.717, 1.165) is 19.3 Å². The number of carbonyl (C=O) groups excluding carboxylic acids is 3. The summed E-state index contributed by atoms with van der Waals surface area (Å²) in [5.74, 6) is -3.68. The van der Waals surface area contributed by atoms with Crippen molar-refractivity contribution in [3.8, 4) is 0 Å². The quantitative estimate of drug-likeness (QED) is 0.0208. The van der Waals surface area contributed by atoms with Crippen molar-refractivity contribution in [1.29, 1.82) is 0 Å². The van der Waals surface area contributed by atoms with Gasteiger partial charge < -0.3 is 35.1 Å². The fourth-order valence-electron chi connectivity index (χ4n) is 8.03. The number of ether oxygens (including phenoxy) is 4. The lowest BCUT2D eigenvalue weighted by atomic mass is 9.46. The minimum Gasteiger partial charge on any atom is -0.481 e. The SMILES string of the molecule is CCC1(C)CCC2C(C(=O)O)CC(OC3OC(COC(=O)CCC(=O)NCN)C(OSOOO)C(OSOOO)C3OC(=O)CC(C)C)CC2(C)C1C. The Labute approximate surface area is 317 Å². The second-order valence-corrected chi connectivity index (χ2v) is 15.6. The van der Waals surface area contributed by atoms with Gasteiger partial charge in [-0.3, -0.25) is 27.5 Å². The molecule has 0 spiro atoms. The molecule has 1 amide bonds. The van der Waals surface area contributed by atoms with E-state index in [1.54, 1.807) is 0 Å². The highest BCUT2D eigenvalue weighted by molar-refractivity contribution is 7.90. The second-order valence-electron chi connectivity index (χ2n) is 14.6. The molecule has 0 aromatic rings. The summed E-state index contributed by atoms with van der Waals surface area (Å²) in [7, 11) is 0. The first-order chi connectivity index (χ1) is 25.1. The normalized spacial score (nSPS) is 34.3. The van der Waals surface area contributed by atoms with Gasteiger partial charge in [0.15, 0.2) is 37.0 Å². The third-order valence-corrected chi connectivity index (χ3v) is 12.0. The summed E-state index contributed by atoms with van der Waals surface area (Å²) in [5.41, 5.74) is 4.84. The van der Waals surface area contributed by atoms with E-state index >= 15 is 0 Å². The predicted octanol–water partition coefficient (Wildman–Crippen LogP) is 4.11. The monoisotopic (exact) mass is 802 g/mol. The van der Waals surface area contributed by atoms with E-state index in [2.05, 4.69) is 51.8 Å². The summed E-state index contributed by atoms with van der Waals surface area (Å²) in [6, 6.07) is 0. The number of nitrogens with two attached hydrogens (primary N) is 1. The van der Waals surface area contributed by atoms with Crippen molar-refractivity contribution in [3.63, 3.8) is 0 Å². The number of carboxylic acid groups (broad SMARTS) is 1. The molecule has 0 aromatic heterocycles. The zero-order valence-corrected chi connectivity index (χ0v) is 32.4. The zero-order valence-electron chi connectivity index (χ0n) is 30.8. The van der Waals surface area contributed by atoms with Gasteiger partial charge in [-0.1, -0.05) is 58.0 Å². The Morgan fingerprint density at radius 3 is 2.25 bits per heavy atom. The molecule has 306 valence electrons. The maximum absolute atomic E-state index is 13.2. The molecule has 0 aromatic carbocycles. The number of rotatable bonds is 21. The Balaban J connectivity index is 2.01. The van der Waals surface area contributed by atoms with Crippen LogP contribution in [-0.2, 0) is 65.2 Å². The molecule has 6 N–H and O–H groups in total. The summed E-state index contributed by atoms with van der Waals surface area (Å²) in [4.78, 5) is 50.5. The van der Waals surface area contributed by atoms with Crippen molar-refractivity contribution >= 4 is 48.5 Å². The fourth-order valence-corrected chi connectivity index (χ4v) is 8.77. The molecule has 21 heteroatoms. The van der Waals surface area contributed by atoms with Crippen molar-refractivity contribution < 1.29 is 80.9 Å². The summed E-state index contributed by atoms with van der Waals surface area (Å²) < 4.78 is 44.5. The highest BCUT2D eigenvalue weighted by Crippen LogP contribution is 2.62. The Kier molecular flexibility index (Phi) is 18.4. The number of carboxylic acids is 1. The third kappa shape index (κ3) is 12.3. The molecule has 3 rings (SSSR count). The van der Waals surface area contributed by atoms with Gasteiger partial charge in [-0.05, 0) is 54.3 Å². The minimum absolute atomic E-state index is 0.0166. The average molecular weight is 803 g/mol. The highest BCUT2D eigenvalue weighted by atomic mass is 32.2. The fraction of sp³-hybridized carbons (Fsp3) is 0.875. The molecule has 2 aliphatic carbocycles. The average Bonchev–Trinajstić information content (AvgIpc) is 3.10. The van der Waals surface area contributed by atoms with Gasteiger partial charge in [0.2, 0.25) is 5.91 Å². The van der Waals surface area contributed by atoms with E-state index < -0.39 is 78.6 Å². The summed E-state index contributed by atoms with van der Waals surface area (Å²) in [6.07, 6.45) is -5.03. The molecule has 11 unspecified atom stereocenters. The molecule has 53 heavy (non-hydrogen) atoms. The lowest BCUT2D eigenvalue weighted by molar-refractivity contribution is -0.436. The van der Waals surface area contributed by atoms with Gasteiger partial charge in [0.25, 0.3) is 0 Å². The first kappa shape index (κ1) is 45.5. The highest BCUT2D eigenvalue weighted by Gasteiger charge is 2.59. The first-order valence-electron chi connectivity index (χ1n) is 17.6. The lowest BCUT2D eigenvalue weighted by Crippen LogP contribution is -2.63. The van der Waals surface area contributed by atoms with Crippen LogP contribution in [0.1, 0.15) is 92.9 Å². The molecule has 1 aliphatic heterocycles. The van der Waals surface area contributed by atoms with Gasteiger partial charge in [0, 0.05) is 12.8 Å². The summed E-state index contributed by atoms with van der Waals surface area (Å²) in [6.45, 7) is 11.6. The molecular formula is C32H54N2O17S2. The number of hydrogen-bond donors (Lipinski definition) is 5. The van der Waals surface area contributed by atoms with Crippen molar-refractivity contribution in [3.05, 3.63) is 0 Å². The number of carbonyl (C=O) groups is 4. The standard InChI is InChI=1S/C32H54N2O17S2/c1-7-31(5)11-10-21-20(29(38)39)13-19(14-32(21,6)18(31)4)43-30-28(45-25(37)12-17(2)3)27(47-53-51-49-41)26(46-52-50-48-40)22(44-30)15-42-24(36)9-8-23(35)34-16-33/h17-22,26-28,30,40-41H,7-16,33H2,1-6H3,(H,34,35)(H,38,39). The van der Waals surface area contributed by atoms with Crippen LogP contribution in [0.3, 0.4) is 0 Å². The largest absolute Gasteiger partial charge is 0.481 e. The Morgan fingerprint density at radius 1 is 1.00 bits per heavy atom. The van der Waals surface area contributed by atoms with Crippen molar-refractivity contribution in [2.24, 2.45) is 40.2 Å². The van der Waals surface area contributed by atoms with Gasteiger partial charge in [-0.2, -0.15) is 0 Å². The van der Waals surface area contributed by atoms with Gasteiger partial charge in [0.05, 0.1) is 25.1 Å². The van der Waals surface area contributed by atoms with Crippen molar-refractivity contribution in [1.82, 2.24) is 5.32 Å². The topological polar surface area (TPSA) is 259 Å². The molecule has 11 atom stereocenters. The van der Waals surface area contributed by atoms with Crippen molar-refractivity contribution in [2.75, 3.05) is 13.3 Å². The molecule has 1 saturated heterocycles. The number of aliphatic carboxylic acids is 1. The smallest absolute Gasteiger partial charge is 0.306 e. The van der Waals surface area contributed by atoms with Gasteiger partial charge in [-0.15, -0.1) is 8.67 Å². The molecular weight excluding hydrogens is 748 g/mol. The minimum atomic E-state index is -1.46. The van der Waals surface area contributed by atoms with Gasteiger partial charge in [-0.25, -0.2) is 10.5 Å². The van der Waals surface area contributed by atoms with Crippen LogP contribution in [0, 0.1) is 34.5 Å². The predicted molar refractivity (Wildman–Crippen MR) is 184 cm³/mol.